The van der Waals surface area contributed by atoms with Gasteiger partial charge in [-0.1, -0.05) is 299 Å². The Bertz CT molecular complexity index is 1680. The Morgan fingerprint density at radius 1 is 0.412 bits per heavy atom. The highest BCUT2D eigenvalue weighted by Crippen LogP contribution is 2.43. The van der Waals surface area contributed by atoms with Gasteiger partial charge in [-0.05, 0) is 102 Å². The maximum Gasteiger partial charge on any atom is 0.472 e. The van der Waals surface area contributed by atoms with E-state index in [1.165, 1.54) is 218 Å². The number of hydrogen-bond acceptors (Lipinski definition) is 6. The van der Waals surface area contributed by atoms with E-state index in [1.807, 2.05) is 33.3 Å². The van der Waals surface area contributed by atoms with Gasteiger partial charge in [-0.2, -0.15) is 0 Å². The van der Waals surface area contributed by atoms with E-state index in [0.29, 0.717) is 17.4 Å². The summed E-state index contributed by atoms with van der Waals surface area (Å²) in [6.07, 6.45) is 84.9. The van der Waals surface area contributed by atoms with Gasteiger partial charge in [-0.15, -0.1) is 0 Å². The maximum atomic E-state index is 13.6. The maximum absolute atomic E-state index is 13.6. The Balaban J connectivity index is 5.02. The van der Waals surface area contributed by atoms with E-state index in [0.717, 1.165) is 89.9 Å². The monoisotopic (exact) mass is 1210 g/mol. The topological polar surface area (TPSA) is 111 Å². The molecule has 2 N–H and O–H groups in total. The molecule has 1 amide bonds. The molecule has 0 aliphatic heterocycles. The first-order valence-electron chi connectivity index (χ1n) is 36.3. The molecule has 0 bridgehead atoms. The summed E-state index contributed by atoms with van der Waals surface area (Å²) in [5.74, 6) is -0.502. The van der Waals surface area contributed by atoms with Crippen LogP contribution in [0.1, 0.15) is 342 Å². The molecule has 0 aromatic heterocycles. The number of nitrogens with zero attached hydrogens (tertiary/aromatic N) is 1. The normalized spacial score (nSPS) is 13.9. The molecule has 3 atom stereocenters. The van der Waals surface area contributed by atoms with Crippen molar-refractivity contribution in [1.29, 1.82) is 0 Å². The van der Waals surface area contributed by atoms with E-state index >= 15 is 0 Å². The van der Waals surface area contributed by atoms with Gasteiger partial charge in [-0.25, -0.2) is 4.57 Å². The molecular weight excluding hydrogens is 1070 g/mol. The van der Waals surface area contributed by atoms with Crippen molar-refractivity contribution in [2.45, 2.75) is 354 Å². The number of carbonyl (C=O) groups excluding carboxylic acids is 2. The standard InChI is InChI=1S/C75H139N2O7P/c1-7-10-13-16-19-22-25-27-29-31-33-35-37-38-40-42-44-46-48-50-53-56-59-62-65-68-75(79)84-73(66-63-60-57-54-51-24-21-18-15-12-9-3)72(71-83-85(80,81)82-70-69-77(4,5)6)76-74(78)67-64-61-58-55-52-49-47-45-43-41-39-36-34-32-30-28-26-23-20-17-14-11-8-2/h19,22,27-30,33,35,38,40,63,66,72-73H,7-18,20-21,23-26,31-32,34,36-37,39,41-62,64-65,67-71H2,1-6H3,(H-,76,78,80,81)/p+1/b22-19-,29-27-,30-28+,35-33-,40-38-,66-63+. The Kier molecular flexibility index (Phi) is 62.5. The minimum absolute atomic E-state index is 0.0382. The van der Waals surface area contributed by atoms with Gasteiger partial charge in [0.15, 0.2) is 0 Å². The van der Waals surface area contributed by atoms with Crippen LogP contribution < -0.4 is 5.32 Å². The van der Waals surface area contributed by atoms with Gasteiger partial charge in [-0.3, -0.25) is 18.6 Å². The van der Waals surface area contributed by atoms with Gasteiger partial charge in [0.05, 0.1) is 33.8 Å². The van der Waals surface area contributed by atoms with Gasteiger partial charge in [0.1, 0.15) is 19.3 Å². The summed E-state index contributed by atoms with van der Waals surface area (Å²) in [6.45, 7) is 7.01. The fourth-order valence-corrected chi connectivity index (χ4v) is 11.2. The van der Waals surface area contributed by atoms with Crippen LogP contribution in [0.2, 0.25) is 0 Å². The average Bonchev–Trinajstić information content (AvgIpc) is 3.58. The summed E-state index contributed by atoms with van der Waals surface area (Å²) in [5, 5.41) is 3.07. The fraction of sp³-hybridized carbons (Fsp3) is 0.813. The molecule has 0 saturated carbocycles. The molecular formula is C75H140N2O7P+. The van der Waals surface area contributed by atoms with Crippen molar-refractivity contribution in [3.8, 4) is 0 Å². The van der Waals surface area contributed by atoms with E-state index in [1.54, 1.807) is 0 Å². The predicted molar refractivity (Wildman–Crippen MR) is 369 cm³/mol. The number of allylic oxidation sites excluding steroid dienone is 11. The van der Waals surface area contributed by atoms with Crippen LogP contribution in [0.25, 0.3) is 0 Å². The van der Waals surface area contributed by atoms with Gasteiger partial charge in [0.25, 0.3) is 0 Å². The second-order valence-electron chi connectivity index (χ2n) is 25.8. The lowest BCUT2D eigenvalue weighted by atomic mass is 10.0. The Morgan fingerprint density at radius 3 is 1.11 bits per heavy atom. The first-order valence-corrected chi connectivity index (χ1v) is 37.8. The number of unbranched alkanes of at least 4 members (excludes halogenated alkanes) is 40. The van der Waals surface area contributed by atoms with Gasteiger partial charge in [0.2, 0.25) is 5.91 Å². The van der Waals surface area contributed by atoms with Crippen LogP contribution in [-0.2, 0) is 27.9 Å². The van der Waals surface area contributed by atoms with Crippen molar-refractivity contribution in [2.75, 3.05) is 40.9 Å². The number of amides is 1. The van der Waals surface area contributed by atoms with Crippen LogP contribution in [0.15, 0.2) is 72.9 Å². The Morgan fingerprint density at radius 2 is 0.718 bits per heavy atom. The zero-order chi connectivity index (χ0) is 62.1. The molecule has 0 rings (SSSR count). The van der Waals surface area contributed by atoms with Crippen molar-refractivity contribution in [3.05, 3.63) is 72.9 Å². The first-order chi connectivity index (χ1) is 41.4. The number of esters is 1. The molecule has 0 aromatic carbocycles. The van der Waals surface area contributed by atoms with E-state index in [4.69, 9.17) is 13.8 Å². The number of phosphoric ester groups is 1. The summed E-state index contributed by atoms with van der Waals surface area (Å²) >= 11 is 0. The number of rotatable bonds is 66. The van der Waals surface area contributed by atoms with Crippen molar-refractivity contribution < 1.29 is 37.3 Å². The second kappa shape index (κ2) is 64.4. The third kappa shape index (κ3) is 65.7. The van der Waals surface area contributed by atoms with Gasteiger partial charge in [0, 0.05) is 12.8 Å². The second-order valence-corrected chi connectivity index (χ2v) is 27.2. The molecule has 85 heavy (non-hydrogen) atoms. The third-order valence-electron chi connectivity index (χ3n) is 16.1. The molecule has 10 heteroatoms. The Labute approximate surface area is 527 Å². The number of carbonyl (C=O) groups is 2. The SMILES string of the molecule is CCCCC/C=C\C/C=C\C/C=C\C/C=C\CCCCCCCCCCCC(=O)OC(/C=C/CCCCCCCCCCC)C(COP(=O)(O)OCC[N+](C)(C)C)NC(=O)CCCCCCCCCCCCCCC/C=C/CCCCCCCC. The molecule has 0 aliphatic rings. The summed E-state index contributed by atoms with van der Waals surface area (Å²) in [7, 11) is 1.50. The first kappa shape index (κ1) is 82.5. The molecule has 0 aliphatic carbocycles. The highest BCUT2D eigenvalue weighted by molar-refractivity contribution is 7.47. The zero-order valence-electron chi connectivity index (χ0n) is 56.9. The molecule has 0 heterocycles. The van der Waals surface area contributed by atoms with E-state index in [2.05, 4.69) is 86.8 Å². The summed E-state index contributed by atoms with van der Waals surface area (Å²) < 4.78 is 30.8. The van der Waals surface area contributed by atoms with Crippen molar-refractivity contribution >= 4 is 19.7 Å². The predicted octanol–water partition coefficient (Wildman–Crippen LogP) is 23.1. The van der Waals surface area contributed by atoms with Crippen LogP contribution in [0.3, 0.4) is 0 Å². The van der Waals surface area contributed by atoms with Crippen LogP contribution in [0.5, 0.6) is 0 Å². The van der Waals surface area contributed by atoms with Gasteiger partial charge >= 0.3 is 13.8 Å². The summed E-state index contributed by atoms with van der Waals surface area (Å²) in [6, 6.07) is -0.853. The number of hydrogen-bond donors (Lipinski definition) is 2. The molecule has 0 radical (unpaired) electrons. The summed E-state index contributed by atoms with van der Waals surface area (Å²) in [4.78, 5) is 37.9. The van der Waals surface area contributed by atoms with E-state index in [9.17, 15) is 19.0 Å². The highest BCUT2D eigenvalue weighted by Gasteiger charge is 2.30. The number of ether oxygens (including phenoxy) is 1. The average molecular weight is 1210 g/mol. The molecule has 0 aromatic rings. The zero-order valence-corrected chi connectivity index (χ0v) is 57.7. The van der Waals surface area contributed by atoms with E-state index < -0.39 is 20.0 Å². The smallest absolute Gasteiger partial charge is 0.456 e. The number of quaternary nitrogens is 1. The highest BCUT2D eigenvalue weighted by atomic mass is 31.2. The number of likely N-dealkylation sites (N-methyl/N-ethyl adjacent to an activating group) is 1. The van der Waals surface area contributed by atoms with Crippen LogP contribution in [-0.4, -0.2) is 74.3 Å². The van der Waals surface area contributed by atoms with Crippen molar-refractivity contribution in [1.82, 2.24) is 5.32 Å². The molecule has 0 spiro atoms. The Hall–Kier alpha value is -2.55. The molecule has 9 nitrogen and oxygen atoms in total. The lowest BCUT2D eigenvalue weighted by Crippen LogP contribution is -2.47. The quantitative estimate of drug-likeness (QED) is 0.0205. The van der Waals surface area contributed by atoms with Crippen molar-refractivity contribution in [2.24, 2.45) is 0 Å². The van der Waals surface area contributed by atoms with Crippen LogP contribution in [0.4, 0.5) is 0 Å². The minimum atomic E-state index is -4.46. The minimum Gasteiger partial charge on any atom is -0.456 e. The van der Waals surface area contributed by atoms with Crippen LogP contribution >= 0.6 is 7.82 Å². The summed E-state index contributed by atoms with van der Waals surface area (Å²) in [5.41, 5.74) is 0. The molecule has 0 saturated heterocycles. The van der Waals surface area contributed by atoms with Gasteiger partial charge < -0.3 is 19.4 Å². The molecule has 0 fully saturated rings. The number of nitrogens with one attached hydrogen (secondary N) is 1. The van der Waals surface area contributed by atoms with Crippen molar-refractivity contribution in [3.63, 3.8) is 0 Å². The lowest BCUT2D eigenvalue weighted by molar-refractivity contribution is -0.870. The third-order valence-corrected chi connectivity index (χ3v) is 17.1. The molecule has 496 valence electrons. The number of phosphoric acid groups is 1. The largest absolute Gasteiger partial charge is 0.472 e. The van der Waals surface area contributed by atoms with E-state index in [-0.39, 0.29) is 31.5 Å². The molecule has 3 unspecified atom stereocenters. The van der Waals surface area contributed by atoms with Crippen LogP contribution in [0, 0.1) is 0 Å². The fourth-order valence-electron chi connectivity index (χ4n) is 10.5. The lowest BCUT2D eigenvalue weighted by Gasteiger charge is -2.27.